The van der Waals surface area contributed by atoms with Gasteiger partial charge in [0, 0.05) is 23.2 Å². The summed E-state index contributed by atoms with van der Waals surface area (Å²) in [6, 6.07) is 14.0. The summed E-state index contributed by atoms with van der Waals surface area (Å²) >= 11 is 5.87. The molecule has 0 bridgehead atoms. The lowest BCUT2D eigenvalue weighted by atomic mass is 10.0. The molecule has 0 saturated carbocycles. The zero-order chi connectivity index (χ0) is 20.6. The molecule has 0 spiro atoms. The molecule has 0 aliphatic carbocycles. The summed E-state index contributed by atoms with van der Waals surface area (Å²) in [5, 5.41) is 10.0. The number of anilines is 1. The largest absolute Gasteiger partial charge is 0.497 e. The van der Waals surface area contributed by atoms with E-state index in [1.54, 1.807) is 31.4 Å². The van der Waals surface area contributed by atoms with Crippen molar-refractivity contribution in [2.75, 3.05) is 12.4 Å². The van der Waals surface area contributed by atoms with Crippen LogP contribution in [-0.2, 0) is 12.8 Å². The van der Waals surface area contributed by atoms with Gasteiger partial charge >= 0.3 is 11.8 Å². The van der Waals surface area contributed by atoms with Crippen molar-refractivity contribution in [2.45, 2.75) is 25.3 Å². The molecule has 0 aliphatic rings. The maximum Gasteiger partial charge on any atom is 0.438 e. The number of nitrogens with zero attached hydrogens (tertiary/aromatic N) is 1. The molecule has 0 aliphatic heterocycles. The Bertz CT molecular complexity index is 983. The minimum Gasteiger partial charge on any atom is -0.497 e. The van der Waals surface area contributed by atoms with Crippen molar-refractivity contribution < 1.29 is 14.1 Å². The number of methoxy groups -OCH3 is 1. The van der Waals surface area contributed by atoms with Crippen molar-refractivity contribution in [1.82, 2.24) is 15.5 Å². The van der Waals surface area contributed by atoms with Gasteiger partial charge in [-0.1, -0.05) is 28.9 Å². The van der Waals surface area contributed by atoms with E-state index < -0.39 is 5.76 Å². The Kier molecular flexibility index (Phi) is 6.91. The fraction of sp³-hybridized carbons (Fsp3) is 0.250. The summed E-state index contributed by atoms with van der Waals surface area (Å²) in [5.74, 6) is 0.605. The molecule has 0 fully saturated rings. The highest BCUT2D eigenvalue weighted by Crippen LogP contribution is 2.16. The first-order valence-electron chi connectivity index (χ1n) is 9.02. The second-order valence-electron chi connectivity index (χ2n) is 6.43. The average molecular weight is 417 g/mol. The van der Waals surface area contributed by atoms with Crippen LogP contribution in [0, 0.1) is 0 Å². The predicted molar refractivity (Wildman–Crippen MR) is 110 cm³/mol. The maximum atomic E-state index is 12.4. The number of urea groups is 1. The third kappa shape index (κ3) is 6.39. The highest BCUT2D eigenvalue weighted by Gasteiger charge is 2.15. The van der Waals surface area contributed by atoms with Crippen molar-refractivity contribution in [2.24, 2.45) is 0 Å². The van der Waals surface area contributed by atoms with Crippen LogP contribution in [0.4, 0.5) is 10.5 Å². The predicted octanol–water partition coefficient (Wildman–Crippen LogP) is 3.39. The topological polar surface area (TPSA) is 109 Å². The summed E-state index contributed by atoms with van der Waals surface area (Å²) in [6.45, 7) is 0. The standard InChI is InChI=1S/C20H21ClN4O4/c1-28-17-9-2-13(3-10-17)12-16(8-11-18-24-20(27)29-25-18)23-19(26)22-15-6-4-14(21)5-7-15/h2-7,9-10,16H,8,11-12H2,1H3,(H2,22,23,26)(H,24,25,27). The van der Waals surface area contributed by atoms with Crippen LogP contribution in [0.5, 0.6) is 5.75 Å². The van der Waals surface area contributed by atoms with Gasteiger partial charge in [0.05, 0.1) is 7.11 Å². The van der Waals surface area contributed by atoms with Gasteiger partial charge in [-0.2, -0.15) is 0 Å². The maximum absolute atomic E-state index is 12.4. The number of rotatable bonds is 8. The molecule has 8 nitrogen and oxygen atoms in total. The number of aromatic amines is 1. The van der Waals surface area contributed by atoms with E-state index in [-0.39, 0.29) is 12.1 Å². The van der Waals surface area contributed by atoms with E-state index in [2.05, 4.69) is 25.3 Å². The Balaban J connectivity index is 1.65. The zero-order valence-corrected chi connectivity index (χ0v) is 16.5. The fourth-order valence-electron chi connectivity index (χ4n) is 2.84. The number of amides is 2. The molecule has 9 heteroatoms. The molecular formula is C20H21ClN4O4. The number of benzene rings is 2. The van der Waals surface area contributed by atoms with Crippen molar-refractivity contribution in [3.8, 4) is 5.75 Å². The van der Waals surface area contributed by atoms with Gasteiger partial charge in [-0.15, -0.1) is 0 Å². The zero-order valence-electron chi connectivity index (χ0n) is 15.8. The van der Waals surface area contributed by atoms with E-state index >= 15 is 0 Å². The SMILES string of the molecule is COc1ccc(CC(CCc2noc(=O)[nH]2)NC(=O)Nc2ccc(Cl)cc2)cc1. The monoisotopic (exact) mass is 416 g/mol. The van der Waals surface area contributed by atoms with Gasteiger partial charge in [0.1, 0.15) is 5.75 Å². The van der Waals surface area contributed by atoms with Gasteiger partial charge in [-0.05, 0) is 54.8 Å². The number of halogens is 1. The first-order valence-corrected chi connectivity index (χ1v) is 9.40. The summed E-state index contributed by atoms with van der Waals surface area (Å²) in [5.41, 5.74) is 1.67. The van der Waals surface area contributed by atoms with Gasteiger partial charge in [0.2, 0.25) is 0 Å². The van der Waals surface area contributed by atoms with Gasteiger partial charge in [-0.3, -0.25) is 9.51 Å². The van der Waals surface area contributed by atoms with E-state index in [0.29, 0.717) is 35.8 Å². The third-order valence-corrected chi connectivity index (χ3v) is 4.55. The summed E-state index contributed by atoms with van der Waals surface area (Å²) < 4.78 is 9.70. The van der Waals surface area contributed by atoms with E-state index in [9.17, 15) is 9.59 Å². The number of H-pyrrole nitrogens is 1. The Morgan fingerprint density at radius 3 is 2.55 bits per heavy atom. The van der Waals surface area contributed by atoms with Crippen molar-refractivity contribution in [1.29, 1.82) is 0 Å². The van der Waals surface area contributed by atoms with Crippen LogP contribution < -0.4 is 21.1 Å². The first-order chi connectivity index (χ1) is 14.0. The minimum absolute atomic E-state index is 0.198. The highest BCUT2D eigenvalue weighted by molar-refractivity contribution is 6.30. The van der Waals surface area contributed by atoms with Crippen LogP contribution in [0.15, 0.2) is 57.8 Å². The molecule has 1 atom stereocenters. The number of hydrogen-bond acceptors (Lipinski definition) is 5. The number of hydrogen-bond donors (Lipinski definition) is 3. The first kappa shape index (κ1) is 20.5. The van der Waals surface area contributed by atoms with Gasteiger partial charge in [-0.25, -0.2) is 9.59 Å². The van der Waals surface area contributed by atoms with Crippen molar-refractivity contribution in [3.63, 3.8) is 0 Å². The van der Waals surface area contributed by atoms with Crippen molar-refractivity contribution in [3.05, 3.63) is 75.5 Å². The molecule has 3 N–H and O–H groups in total. The second kappa shape index (κ2) is 9.79. The molecule has 0 radical (unpaired) electrons. The van der Waals surface area contributed by atoms with Crippen molar-refractivity contribution >= 4 is 23.3 Å². The lowest BCUT2D eigenvalue weighted by molar-refractivity contribution is 0.247. The van der Waals surface area contributed by atoms with Crippen LogP contribution in [0.25, 0.3) is 0 Å². The molecule has 3 rings (SSSR count). The Labute approximate surface area is 172 Å². The van der Waals surface area contributed by atoms with Crippen LogP contribution in [0.3, 0.4) is 0 Å². The van der Waals surface area contributed by atoms with Crippen LogP contribution in [0.2, 0.25) is 5.02 Å². The lowest BCUT2D eigenvalue weighted by Gasteiger charge is -2.19. The summed E-state index contributed by atoms with van der Waals surface area (Å²) in [7, 11) is 1.61. The number of nitrogens with one attached hydrogen (secondary N) is 3. The Hall–Kier alpha value is -3.26. The number of carbonyl (C=O) groups excluding carboxylic acids is 1. The minimum atomic E-state index is -0.597. The molecular weight excluding hydrogens is 396 g/mol. The quantitative estimate of drug-likeness (QED) is 0.521. The lowest BCUT2D eigenvalue weighted by Crippen LogP contribution is -2.39. The number of ether oxygens (including phenoxy) is 1. The van der Waals surface area contributed by atoms with Gasteiger partial charge < -0.3 is 15.4 Å². The van der Waals surface area contributed by atoms with E-state index in [1.165, 1.54) is 0 Å². The third-order valence-electron chi connectivity index (χ3n) is 4.29. The second-order valence-corrected chi connectivity index (χ2v) is 6.87. The normalized spacial score (nSPS) is 11.7. The molecule has 0 saturated heterocycles. The van der Waals surface area contributed by atoms with E-state index in [0.717, 1.165) is 11.3 Å². The highest BCUT2D eigenvalue weighted by atomic mass is 35.5. The number of carbonyl (C=O) groups is 1. The van der Waals surface area contributed by atoms with Gasteiger partial charge in [0.15, 0.2) is 5.82 Å². The van der Waals surface area contributed by atoms with E-state index in [4.69, 9.17) is 16.3 Å². The molecule has 3 aromatic rings. The summed E-state index contributed by atoms with van der Waals surface area (Å²) in [4.78, 5) is 26.1. The molecule has 29 heavy (non-hydrogen) atoms. The van der Waals surface area contributed by atoms with Crippen LogP contribution >= 0.6 is 11.6 Å². The molecule has 1 aromatic heterocycles. The molecule has 1 unspecified atom stereocenters. The van der Waals surface area contributed by atoms with E-state index in [1.807, 2.05) is 24.3 Å². The Morgan fingerprint density at radius 2 is 1.93 bits per heavy atom. The van der Waals surface area contributed by atoms with Crippen LogP contribution in [0.1, 0.15) is 17.8 Å². The van der Waals surface area contributed by atoms with Crippen LogP contribution in [-0.4, -0.2) is 29.3 Å². The molecule has 2 aromatic carbocycles. The Morgan fingerprint density at radius 1 is 1.21 bits per heavy atom. The number of aromatic nitrogens is 2. The number of aryl methyl sites for hydroxylation is 1. The molecule has 1 heterocycles. The average Bonchev–Trinajstić information content (AvgIpc) is 3.13. The smallest absolute Gasteiger partial charge is 0.438 e. The molecule has 152 valence electrons. The fourth-order valence-corrected chi connectivity index (χ4v) is 2.96. The summed E-state index contributed by atoms with van der Waals surface area (Å²) in [6.07, 6.45) is 1.61. The molecule has 2 amide bonds. The van der Waals surface area contributed by atoms with Gasteiger partial charge in [0.25, 0.3) is 0 Å².